The van der Waals surface area contributed by atoms with Gasteiger partial charge in [0, 0.05) is 9.26 Å². The predicted molar refractivity (Wildman–Crippen MR) is 70.6 cm³/mol. The number of hydrazine groups is 1. The standard InChI is InChI=1S/C10H13IN4/c11-7-2-1-3-9(6-7)14-10(15-12)13-8-4-5-8/h1-3,6,8H,4-5,12H2,(H2,13,14,15). The number of aliphatic imine (C=N–C) groups is 1. The molecule has 1 aromatic carbocycles. The van der Waals surface area contributed by atoms with Crippen LogP contribution in [0, 0.1) is 3.57 Å². The Kier molecular flexibility index (Phi) is 3.42. The van der Waals surface area contributed by atoms with Crippen LogP contribution in [0.3, 0.4) is 0 Å². The lowest BCUT2D eigenvalue weighted by Crippen LogP contribution is -2.36. The van der Waals surface area contributed by atoms with Gasteiger partial charge in [0.15, 0.2) is 0 Å². The minimum atomic E-state index is 0.450. The van der Waals surface area contributed by atoms with E-state index in [9.17, 15) is 0 Å². The van der Waals surface area contributed by atoms with Crippen LogP contribution in [0.1, 0.15) is 12.8 Å². The van der Waals surface area contributed by atoms with Gasteiger partial charge in [-0.15, -0.1) is 0 Å². The zero-order chi connectivity index (χ0) is 10.7. The van der Waals surface area contributed by atoms with Gasteiger partial charge in [-0.2, -0.15) is 0 Å². The van der Waals surface area contributed by atoms with E-state index in [1.165, 1.54) is 16.4 Å². The van der Waals surface area contributed by atoms with Crippen LogP contribution in [-0.2, 0) is 0 Å². The van der Waals surface area contributed by atoms with Gasteiger partial charge >= 0.3 is 0 Å². The molecule has 0 heterocycles. The highest BCUT2D eigenvalue weighted by atomic mass is 127. The fourth-order valence-electron chi connectivity index (χ4n) is 1.19. The first kappa shape index (κ1) is 10.7. The molecule has 80 valence electrons. The third kappa shape index (κ3) is 3.35. The second-order valence-electron chi connectivity index (χ2n) is 3.49. The molecule has 4 N–H and O–H groups in total. The molecule has 1 fully saturated rings. The third-order valence-corrected chi connectivity index (χ3v) is 2.75. The molecule has 0 unspecified atom stereocenters. The average Bonchev–Trinajstić information content (AvgIpc) is 3.01. The second kappa shape index (κ2) is 4.80. The van der Waals surface area contributed by atoms with Crippen molar-refractivity contribution >= 4 is 34.2 Å². The molecule has 0 aromatic heterocycles. The first-order chi connectivity index (χ1) is 7.28. The van der Waals surface area contributed by atoms with Gasteiger partial charge in [0.2, 0.25) is 5.96 Å². The van der Waals surface area contributed by atoms with Gasteiger partial charge in [-0.25, -0.2) is 10.8 Å². The molecule has 1 aliphatic carbocycles. The molecule has 1 saturated carbocycles. The van der Waals surface area contributed by atoms with Crippen LogP contribution in [0.4, 0.5) is 5.69 Å². The Hall–Kier alpha value is -0.820. The monoisotopic (exact) mass is 316 g/mol. The fraction of sp³-hybridized carbons (Fsp3) is 0.300. The van der Waals surface area contributed by atoms with Crippen molar-refractivity contribution in [1.29, 1.82) is 0 Å². The van der Waals surface area contributed by atoms with E-state index in [1.54, 1.807) is 0 Å². The van der Waals surface area contributed by atoms with Gasteiger partial charge in [-0.1, -0.05) is 6.07 Å². The number of nitrogens with two attached hydrogens (primary N) is 1. The van der Waals surface area contributed by atoms with Gasteiger partial charge in [0.05, 0.1) is 6.04 Å². The normalized spacial score (nSPS) is 16.3. The van der Waals surface area contributed by atoms with Crippen LogP contribution in [0.2, 0.25) is 0 Å². The van der Waals surface area contributed by atoms with Gasteiger partial charge in [-0.3, -0.25) is 5.43 Å². The topological polar surface area (TPSA) is 62.4 Å². The second-order valence-corrected chi connectivity index (χ2v) is 4.73. The van der Waals surface area contributed by atoms with Gasteiger partial charge in [-0.05, 0) is 53.6 Å². The summed E-state index contributed by atoms with van der Waals surface area (Å²) in [4.78, 5) is 4.40. The first-order valence-corrected chi connectivity index (χ1v) is 5.93. The molecular weight excluding hydrogens is 303 g/mol. The van der Waals surface area contributed by atoms with Crippen LogP contribution in [0.25, 0.3) is 0 Å². The molecule has 1 aliphatic rings. The molecule has 1 aromatic rings. The molecule has 0 radical (unpaired) electrons. The molecule has 2 rings (SSSR count). The smallest absolute Gasteiger partial charge is 0.210 e. The first-order valence-electron chi connectivity index (χ1n) is 4.85. The van der Waals surface area contributed by atoms with Crippen molar-refractivity contribution in [3.05, 3.63) is 27.8 Å². The average molecular weight is 316 g/mol. The van der Waals surface area contributed by atoms with Crippen molar-refractivity contribution in [2.45, 2.75) is 18.9 Å². The molecule has 0 aliphatic heterocycles. The Morgan fingerprint density at radius 3 is 2.87 bits per heavy atom. The molecule has 0 bridgehead atoms. The third-order valence-electron chi connectivity index (χ3n) is 2.08. The fourth-order valence-corrected chi connectivity index (χ4v) is 1.74. The van der Waals surface area contributed by atoms with Crippen molar-refractivity contribution in [1.82, 2.24) is 5.43 Å². The summed E-state index contributed by atoms with van der Waals surface area (Å²) >= 11 is 2.27. The minimum absolute atomic E-state index is 0.450. The van der Waals surface area contributed by atoms with Crippen LogP contribution < -0.4 is 16.6 Å². The van der Waals surface area contributed by atoms with Crippen LogP contribution >= 0.6 is 22.6 Å². The molecular formula is C10H13IN4. The van der Waals surface area contributed by atoms with Crippen molar-refractivity contribution < 1.29 is 0 Å². The summed E-state index contributed by atoms with van der Waals surface area (Å²) in [5.41, 5.74) is 3.58. The summed E-state index contributed by atoms with van der Waals surface area (Å²) in [6, 6.07) is 8.52. The molecule has 0 saturated heterocycles. The summed E-state index contributed by atoms with van der Waals surface area (Å²) < 4.78 is 1.18. The van der Waals surface area contributed by atoms with Crippen molar-refractivity contribution in [2.24, 2.45) is 10.8 Å². The molecule has 0 atom stereocenters. The van der Waals surface area contributed by atoms with Crippen molar-refractivity contribution in [3.8, 4) is 0 Å². The van der Waals surface area contributed by atoms with Crippen molar-refractivity contribution in [3.63, 3.8) is 0 Å². The van der Waals surface area contributed by atoms with E-state index >= 15 is 0 Å². The largest absolute Gasteiger partial charge is 0.325 e. The number of rotatable bonds is 2. The van der Waals surface area contributed by atoms with E-state index < -0.39 is 0 Å². The molecule has 5 heteroatoms. The van der Waals surface area contributed by atoms with Gasteiger partial charge < -0.3 is 5.32 Å². The lowest BCUT2D eigenvalue weighted by molar-refractivity contribution is 0.966. The van der Waals surface area contributed by atoms with E-state index in [-0.39, 0.29) is 0 Å². The summed E-state index contributed by atoms with van der Waals surface area (Å²) in [6.07, 6.45) is 2.33. The predicted octanol–water partition coefficient (Wildman–Crippen LogP) is 1.68. The number of halogens is 1. The number of nitrogens with one attached hydrogen (secondary N) is 2. The highest BCUT2D eigenvalue weighted by molar-refractivity contribution is 14.1. The SMILES string of the molecule is NNC(=NC1CC1)Nc1cccc(I)c1. The van der Waals surface area contributed by atoms with E-state index in [4.69, 9.17) is 5.84 Å². The van der Waals surface area contributed by atoms with E-state index in [0.29, 0.717) is 12.0 Å². The van der Waals surface area contributed by atoms with Gasteiger partial charge in [0.25, 0.3) is 0 Å². The molecule has 0 spiro atoms. The quantitative estimate of drug-likeness (QED) is 0.256. The van der Waals surface area contributed by atoms with Crippen LogP contribution in [0.15, 0.2) is 29.3 Å². The highest BCUT2D eigenvalue weighted by Gasteiger charge is 2.20. The number of hydrogen-bond donors (Lipinski definition) is 3. The van der Waals surface area contributed by atoms with E-state index in [2.05, 4.69) is 38.3 Å². The van der Waals surface area contributed by atoms with Crippen LogP contribution in [0.5, 0.6) is 0 Å². The zero-order valence-corrected chi connectivity index (χ0v) is 10.4. The van der Waals surface area contributed by atoms with Crippen molar-refractivity contribution in [2.75, 3.05) is 5.32 Å². The Labute approximate surface area is 102 Å². The maximum atomic E-state index is 5.39. The lowest BCUT2D eigenvalue weighted by Gasteiger charge is -2.08. The Morgan fingerprint density at radius 1 is 1.47 bits per heavy atom. The summed E-state index contributed by atoms with van der Waals surface area (Å²) in [5.74, 6) is 6.03. The van der Waals surface area contributed by atoms with E-state index in [0.717, 1.165) is 5.69 Å². The summed E-state index contributed by atoms with van der Waals surface area (Å²) in [6.45, 7) is 0. The number of benzene rings is 1. The number of anilines is 1. The summed E-state index contributed by atoms with van der Waals surface area (Å²) in [5, 5.41) is 3.15. The summed E-state index contributed by atoms with van der Waals surface area (Å²) in [7, 11) is 0. The number of guanidine groups is 1. The Morgan fingerprint density at radius 2 is 2.27 bits per heavy atom. The highest BCUT2D eigenvalue weighted by Crippen LogP contribution is 2.23. The lowest BCUT2D eigenvalue weighted by atomic mass is 10.3. The molecule has 0 amide bonds. The number of hydrogen-bond acceptors (Lipinski definition) is 2. The maximum absolute atomic E-state index is 5.39. The maximum Gasteiger partial charge on any atom is 0.210 e. The van der Waals surface area contributed by atoms with Gasteiger partial charge in [0.1, 0.15) is 0 Å². The molecule has 15 heavy (non-hydrogen) atoms. The van der Waals surface area contributed by atoms with E-state index in [1.807, 2.05) is 24.3 Å². The molecule has 4 nitrogen and oxygen atoms in total. The Balaban J connectivity index is 2.05. The Bertz CT molecular complexity index is 373. The van der Waals surface area contributed by atoms with Crippen LogP contribution in [-0.4, -0.2) is 12.0 Å². The zero-order valence-electron chi connectivity index (χ0n) is 8.20. The number of nitrogens with zero attached hydrogens (tertiary/aromatic N) is 1. The minimum Gasteiger partial charge on any atom is -0.325 e.